The van der Waals surface area contributed by atoms with E-state index in [1.54, 1.807) is 12.7 Å². The normalized spacial score (nSPS) is 24.3. The van der Waals surface area contributed by atoms with Crippen LogP contribution in [0.15, 0.2) is 12.7 Å². The summed E-state index contributed by atoms with van der Waals surface area (Å²) < 4.78 is 0. The second-order valence-corrected chi connectivity index (χ2v) is 5.09. The number of aromatic amines is 1. The molecule has 3 rings (SSSR count). The van der Waals surface area contributed by atoms with Crippen LogP contribution in [-0.4, -0.2) is 26.0 Å². The first kappa shape index (κ1) is 11.4. The molecule has 5 heteroatoms. The van der Waals surface area contributed by atoms with Crippen molar-refractivity contribution in [2.24, 2.45) is 5.92 Å². The van der Waals surface area contributed by atoms with E-state index in [9.17, 15) is 0 Å². The molecule has 0 amide bonds. The van der Waals surface area contributed by atoms with Crippen molar-refractivity contribution in [3.63, 3.8) is 0 Å². The van der Waals surface area contributed by atoms with Gasteiger partial charge in [0.15, 0.2) is 11.5 Å². The van der Waals surface area contributed by atoms with Gasteiger partial charge in [-0.05, 0) is 31.6 Å². The van der Waals surface area contributed by atoms with Gasteiger partial charge < -0.3 is 10.3 Å². The van der Waals surface area contributed by atoms with Gasteiger partial charge in [-0.3, -0.25) is 0 Å². The van der Waals surface area contributed by atoms with E-state index in [1.807, 2.05) is 0 Å². The number of rotatable bonds is 3. The summed E-state index contributed by atoms with van der Waals surface area (Å²) in [5.74, 6) is 1.80. The van der Waals surface area contributed by atoms with Crippen molar-refractivity contribution in [1.29, 1.82) is 0 Å². The molecule has 0 saturated heterocycles. The van der Waals surface area contributed by atoms with Gasteiger partial charge in [-0.2, -0.15) is 0 Å². The maximum Gasteiger partial charge on any atom is 0.182 e. The van der Waals surface area contributed by atoms with Gasteiger partial charge in [0.1, 0.15) is 11.8 Å². The molecule has 0 spiro atoms. The molecule has 2 aromatic heterocycles. The fourth-order valence-corrected chi connectivity index (χ4v) is 2.78. The Balaban J connectivity index is 1.71. The Morgan fingerprint density at radius 1 is 1.22 bits per heavy atom. The molecular formula is C13H19N5. The number of anilines is 1. The van der Waals surface area contributed by atoms with Crippen LogP contribution in [0, 0.1) is 5.92 Å². The molecule has 0 atom stereocenters. The molecule has 2 heterocycles. The fourth-order valence-electron chi connectivity index (χ4n) is 2.78. The van der Waals surface area contributed by atoms with E-state index in [0.717, 1.165) is 22.9 Å². The lowest BCUT2D eigenvalue weighted by molar-refractivity contribution is 0.330. The SMILES string of the molecule is CCC1CCC(Nc2ncnc3nc[nH]c23)CC1. The van der Waals surface area contributed by atoms with E-state index in [2.05, 4.69) is 32.2 Å². The molecule has 0 radical (unpaired) electrons. The minimum Gasteiger partial charge on any atom is -0.365 e. The lowest BCUT2D eigenvalue weighted by atomic mass is 9.84. The molecule has 0 aromatic carbocycles. The molecule has 1 saturated carbocycles. The number of nitrogens with one attached hydrogen (secondary N) is 2. The monoisotopic (exact) mass is 245 g/mol. The lowest BCUT2D eigenvalue weighted by Gasteiger charge is -2.28. The average molecular weight is 245 g/mol. The molecule has 0 unspecified atom stereocenters. The van der Waals surface area contributed by atoms with Crippen LogP contribution in [0.4, 0.5) is 5.82 Å². The van der Waals surface area contributed by atoms with Crippen LogP contribution in [0.25, 0.3) is 11.2 Å². The number of aromatic nitrogens is 4. The Kier molecular flexibility index (Phi) is 3.13. The van der Waals surface area contributed by atoms with Crippen molar-refractivity contribution in [2.45, 2.75) is 45.1 Å². The van der Waals surface area contributed by atoms with Crippen molar-refractivity contribution in [3.8, 4) is 0 Å². The Bertz CT molecular complexity index is 513. The van der Waals surface area contributed by atoms with Gasteiger partial charge in [0, 0.05) is 6.04 Å². The summed E-state index contributed by atoms with van der Waals surface area (Å²) in [6.07, 6.45) is 9.67. The Morgan fingerprint density at radius 3 is 2.83 bits per heavy atom. The largest absolute Gasteiger partial charge is 0.365 e. The quantitative estimate of drug-likeness (QED) is 0.872. The van der Waals surface area contributed by atoms with Crippen LogP contribution in [0.5, 0.6) is 0 Å². The maximum absolute atomic E-state index is 4.32. The Labute approximate surface area is 106 Å². The summed E-state index contributed by atoms with van der Waals surface area (Å²) >= 11 is 0. The molecular weight excluding hydrogens is 226 g/mol. The van der Waals surface area contributed by atoms with E-state index < -0.39 is 0 Å². The Hall–Kier alpha value is -1.65. The zero-order valence-electron chi connectivity index (χ0n) is 10.7. The zero-order chi connectivity index (χ0) is 12.4. The van der Waals surface area contributed by atoms with Crippen molar-refractivity contribution in [3.05, 3.63) is 12.7 Å². The summed E-state index contributed by atoms with van der Waals surface area (Å²) in [7, 11) is 0. The third-order valence-corrected chi connectivity index (χ3v) is 3.99. The molecule has 2 aromatic rings. The average Bonchev–Trinajstić information content (AvgIpc) is 2.89. The van der Waals surface area contributed by atoms with Crippen molar-refractivity contribution < 1.29 is 0 Å². The second kappa shape index (κ2) is 4.92. The van der Waals surface area contributed by atoms with Gasteiger partial charge in [-0.25, -0.2) is 15.0 Å². The second-order valence-electron chi connectivity index (χ2n) is 5.09. The lowest BCUT2D eigenvalue weighted by Crippen LogP contribution is -2.26. The van der Waals surface area contributed by atoms with Gasteiger partial charge in [0.2, 0.25) is 0 Å². The molecule has 5 nitrogen and oxygen atoms in total. The summed E-state index contributed by atoms with van der Waals surface area (Å²) in [5.41, 5.74) is 1.64. The molecule has 2 N–H and O–H groups in total. The van der Waals surface area contributed by atoms with E-state index >= 15 is 0 Å². The van der Waals surface area contributed by atoms with Crippen LogP contribution in [0.3, 0.4) is 0 Å². The van der Waals surface area contributed by atoms with Crippen LogP contribution in [0.2, 0.25) is 0 Å². The smallest absolute Gasteiger partial charge is 0.182 e. The van der Waals surface area contributed by atoms with Gasteiger partial charge >= 0.3 is 0 Å². The van der Waals surface area contributed by atoms with Gasteiger partial charge in [0.05, 0.1) is 6.33 Å². The standard InChI is InChI=1S/C13H19N5/c1-2-9-3-5-10(6-4-9)18-13-11-12(15-7-14-11)16-8-17-13/h7-10H,2-6H2,1H3,(H2,14,15,16,17,18). The molecule has 1 aliphatic carbocycles. The molecule has 96 valence electrons. The first-order chi connectivity index (χ1) is 8.86. The van der Waals surface area contributed by atoms with Crippen molar-refractivity contribution in [1.82, 2.24) is 19.9 Å². The predicted molar refractivity (Wildman–Crippen MR) is 71.3 cm³/mol. The highest BCUT2D eigenvalue weighted by atomic mass is 15.1. The molecule has 1 aliphatic rings. The fraction of sp³-hybridized carbons (Fsp3) is 0.615. The number of imidazole rings is 1. The summed E-state index contributed by atoms with van der Waals surface area (Å²) in [4.78, 5) is 15.7. The van der Waals surface area contributed by atoms with Crippen molar-refractivity contribution in [2.75, 3.05) is 5.32 Å². The highest BCUT2D eigenvalue weighted by Crippen LogP contribution is 2.28. The molecule has 18 heavy (non-hydrogen) atoms. The van der Waals surface area contributed by atoms with Crippen LogP contribution in [-0.2, 0) is 0 Å². The number of hydrogen-bond donors (Lipinski definition) is 2. The van der Waals surface area contributed by atoms with Gasteiger partial charge in [0.25, 0.3) is 0 Å². The molecule has 0 bridgehead atoms. The minimum atomic E-state index is 0.536. The van der Waals surface area contributed by atoms with Gasteiger partial charge in [-0.1, -0.05) is 13.3 Å². The van der Waals surface area contributed by atoms with Crippen LogP contribution in [0.1, 0.15) is 39.0 Å². The highest BCUT2D eigenvalue weighted by Gasteiger charge is 2.20. The van der Waals surface area contributed by atoms with E-state index in [-0.39, 0.29) is 0 Å². The third-order valence-electron chi connectivity index (χ3n) is 3.99. The minimum absolute atomic E-state index is 0.536. The zero-order valence-corrected chi connectivity index (χ0v) is 10.7. The van der Waals surface area contributed by atoms with Crippen LogP contribution < -0.4 is 5.32 Å². The maximum atomic E-state index is 4.32. The topological polar surface area (TPSA) is 66.5 Å². The Morgan fingerprint density at radius 2 is 2.06 bits per heavy atom. The van der Waals surface area contributed by atoms with E-state index in [4.69, 9.17) is 0 Å². The molecule has 1 fully saturated rings. The summed E-state index contributed by atoms with van der Waals surface area (Å²) in [6.45, 7) is 2.29. The van der Waals surface area contributed by atoms with Crippen molar-refractivity contribution >= 4 is 17.0 Å². The number of H-pyrrole nitrogens is 1. The highest BCUT2D eigenvalue weighted by molar-refractivity contribution is 5.82. The first-order valence-electron chi connectivity index (χ1n) is 6.77. The predicted octanol–water partition coefficient (Wildman–Crippen LogP) is 2.73. The van der Waals surface area contributed by atoms with E-state index in [0.29, 0.717) is 6.04 Å². The summed E-state index contributed by atoms with van der Waals surface area (Å²) in [5, 5.41) is 3.53. The van der Waals surface area contributed by atoms with E-state index in [1.165, 1.54) is 32.1 Å². The van der Waals surface area contributed by atoms with Gasteiger partial charge in [-0.15, -0.1) is 0 Å². The molecule has 0 aliphatic heterocycles. The number of hydrogen-bond acceptors (Lipinski definition) is 4. The third kappa shape index (κ3) is 2.17. The summed E-state index contributed by atoms with van der Waals surface area (Å²) in [6, 6.07) is 0.536. The van der Waals surface area contributed by atoms with Crippen LogP contribution >= 0.6 is 0 Å². The number of fused-ring (bicyclic) bond motifs is 1. The first-order valence-corrected chi connectivity index (χ1v) is 6.77. The number of nitrogens with zero attached hydrogens (tertiary/aromatic N) is 3.